The third kappa shape index (κ3) is 4.59. The number of oxazole rings is 1. The second-order valence-electron chi connectivity index (χ2n) is 3.47. The maximum atomic E-state index is 10.7. The predicted molar refractivity (Wildman–Crippen MR) is 56.4 cm³/mol. The van der Waals surface area contributed by atoms with Gasteiger partial charge >= 0.3 is 6.09 Å². The van der Waals surface area contributed by atoms with Crippen LogP contribution in [0.3, 0.4) is 0 Å². The predicted octanol–water partition coefficient (Wildman–Crippen LogP) is 2.07. The van der Waals surface area contributed by atoms with Gasteiger partial charge in [0.1, 0.15) is 12.0 Å². The van der Waals surface area contributed by atoms with Gasteiger partial charge in [-0.3, -0.25) is 5.32 Å². The minimum atomic E-state index is -1.17. The molecule has 1 rings (SSSR count). The van der Waals surface area contributed by atoms with Gasteiger partial charge in [0, 0.05) is 12.8 Å². The number of carbonyl (C=O) groups excluding carboxylic acids is 1. The van der Waals surface area contributed by atoms with E-state index in [2.05, 4.69) is 10.3 Å². The molecular formula is C10H14N2O4. The Morgan fingerprint density at radius 1 is 1.50 bits per heavy atom. The van der Waals surface area contributed by atoms with Gasteiger partial charge in [-0.1, -0.05) is 0 Å². The van der Waals surface area contributed by atoms with Crippen LogP contribution in [0.15, 0.2) is 10.7 Å². The molecule has 0 saturated heterocycles. The zero-order valence-electron chi connectivity index (χ0n) is 9.02. The molecule has 0 aliphatic heterocycles. The average Bonchev–Trinajstić information content (AvgIpc) is 2.59. The normalized spacial score (nSPS) is 10.1. The smallest absolute Gasteiger partial charge is 0.410 e. The molecule has 0 saturated carbocycles. The van der Waals surface area contributed by atoms with Crippen LogP contribution in [0.2, 0.25) is 0 Å². The van der Waals surface area contributed by atoms with Crippen LogP contribution in [0, 0.1) is 0 Å². The molecule has 0 atom stereocenters. The van der Waals surface area contributed by atoms with Gasteiger partial charge in [-0.25, -0.2) is 4.79 Å². The van der Waals surface area contributed by atoms with E-state index in [0.29, 0.717) is 18.7 Å². The molecule has 6 nitrogen and oxygen atoms in total. The van der Waals surface area contributed by atoms with E-state index in [1.54, 1.807) is 6.92 Å². The summed E-state index contributed by atoms with van der Waals surface area (Å²) in [5.41, 5.74) is 0. The summed E-state index contributed by atoms with van der Waals surface area (Å²) in [4.78, 5) is 24.9. The highest BCUT2D eigenvalue weighted by atomic mass is 16.4. The van der Waals surface area contributed by atoms with Gasteiger partial charge in [-0.2, -0.15) is 4.98 Å². The van der Waals surface area contributed by atoms with E-state index in [0.717, 1.165) is 12.8 Å². The molecule has 0 fully saturated rings. The summed E-state index contributed by atoms with van der Waals surface area (Å²) in [7, 11) is 0. The second-order valence-corrected chi connectivity index (χ2v) is 3.47. The SMILES string of the molecule is CC(=O)CCCCc1nc(NC(=O)O)co1. The Balaban J connectivity index is 2.29. The van der Waals surface area contributed by atoms with Crippen molar-refractivity contribution in [2.24, 2.45) is 0 Å². The Hall–Kier alpha value is -1.85. The lowest BCUT2D eigenvalue weighted by Crippen LogP contribution is -2.07. The van der Waals surface area contributed by atoms with Gasteiger partial charge in [0.15, 0.2) is 11.7 Å². The summed E-state index contributed by atoms with van der Waals surface area (Å²) < 4.78 is 5.05. The highest BCUT2D eigenvalue weighted by molar-refractivity contribution is 5.81. The number of hydrogen-bond acceptors (Lipinski definition) is 4. The maximum Gasteiger partial charge on any atom is 0.410 e. The van der Waals surface area contributed by atoms with Gasteiger partial charge in [-0.05, 0) is 19.8 Å². The fourth-order valence-electron chi connectivity index (χ4n) is 1.24. The van der Waals surface area contributed by atoms with Crippen molar-refractivity contribution in [1.29, 1.82) is 0 Å². The highest BCUT2D eigenvalue weighted by Gasteiger charge is 2.05. The molecule has 16 heavy (non-hydrogen) atoms. The number of hydrogen-bond donors (Lipinski definition) is 2. The van der Waals surface area contributed by atoms with Crippen LogP contribution in [0.4, 0.5) is 10.6 Å². The lowest BCUT2D eigenvalue weighted by molar-refractivity contribution is -0.117. The number of unbranched alkanes of at least 4 members (excludes halogenated alkanes) is 1. The molecule has 0 unspecified atom stereocenters. The Morgan fingerprint density at radius 3 is 2.88 bits per heavy atom. The van der Waals surface area contributed by atoms with Crippen LogP contribution in [0.1, 0.15) is 32.1 Å². The lowest BCUT2D eigenvalue weighted by atomic mass is 10.1. The Morgan fingerprint density at radius 2 is 2.25 bits per heavy atom. The van der Waals surface area contributed by atoms with Crippen LogP contribution in [0.25, 0.3) is 0 Å². The Labute approximate surface area is 92.7 Å². The second kappa shape index (κ2) is 5.89. The van der Waals surface area contributed by atoms with E-state index in [-0.39, 0.29) is 11.6 Å². The van der Waals surface area contributed by atoms with Crippen LogP contribution < -0.4 is 5.32 Å². The molecule has 0 aromatic carbocycles. The van der Waals surface area contributed by atoms with E-state index < -0.39 is 6.09 Å². The first-order chi connectivity index (χ1) is 7.58. The summed E-state index contributed by atoms with van der Waals surface area (Å²) >= 11 is 0. The van der Waals surface area contributed by atoms with Gasteiger partial charge < -0.3 is 14.3 Å². The van der Waals surface area contributed by atoms with Crippen molar-refractivity contribution in [3.63, 3.8) is 0 Å². The van der Waals surface area contributed by atoms with E-state index in [9.17, 15) is 9.59 Å². The van der Waals surface area contributed by atoms with E-state index in [1.165, 1.54) is 6.26 Å². The number of carbonyl (C=O) groups is 2. The fraction of sp³-hybridized carbons (Fsp3) is 0.500. The maximum absolute atomic E-state index is 10.7. The standard InChI is InChI=1S/C10H14N2O4/c1-7(13)4-2-3-5-9-11-8(6-16-9)12-10(14)15/h6,12H,2-5H2,1H3,(H,14,15). The first-order valence-electron chi connectivity index (χ1n) is 5.01. The molecule has 0 bridgehead atoms. The van der Waals surface area contributed by atoms with Gasteiger partial charge in [0.25, 0.3) is 0 Å². The van der Waals surface area contributed by atoms with Crippen LogP contribution in [-0.2, 0) is 11.2 Å². The number of nitrogens with zero attached hydrogens (tertiary/aromatic N) is 1. The zero-order chi connectivity index (χ0) is 12.0. The summed E-state index contributed by atoms with van der Waals surface area (Å²) in [6.07, 6.45) is 2.84. The molecule has 1 heterocycles. The first-order valence-corrected chi connectivity index (χ1v) is 5.01. The average molecular weight is 226 g/mol. The number of aryl methyl sites for hydroxylation is 1. The number of aromatic nitrogens is 1. The van der Waals surface area contributed by atoms with Crippen molar-refractivity contribution in [3.05, 3.63) is 12.2 Å². The topological polar surface area (TPSA) is 92.4 Å². The molecule has 0 radical (unpaired) electrons. The number of Topliss-reactive ketones (excluding diaryl/α,β-unsaturated/α-hetero) is 1. The molecule has 1 aromatic rings. The number of amides is 1. The van der Waals surface area contributed by atoms with Crippen LogP contribution in [-0.4, -0.2) is 22.0 Å². The molecule has 1 aromatic heterocycles. The largest absolute Gasteiger partial charge is 0.465 e. The van der Waals surface area contributed by atoms with Crippen LogP contribution >= 0.6 is 0 Å². The van der Waals surface area contributed by atoms with Crippen molar-refractivity contribution in [1.82, 2.24) is 4.98 Å². The van der Waals surface area contributed by atoms with Crippen LogP contribution in [0.5, 0.6) is 0 Å². The Bertz CT molecular complexity index is 373. The molecule has 0 aliphatic carbocycles. The van der Waals surface area contributed by atoms with Gasteiger partial charge in [0.2, 0.25) is 0 Å². The van der Waals surface area contributed by atoms with Gasteiger partial charge in [-0.15, -0.1) is 0 Å². The molecular weight excluding hydrogens is 212 g/mol. The van der Waals surface area contributed by atoms with Crippen molar-refractivity contribution >= 4 is 17.7 Å². The van der Waals surface area contributed by atoms with E-state index in [4.69, 9.17) is 9.52 Å². The molecule has 0 aliphatic rings. The molecule has 88 valence electrons. The van der Waals surface area contributed by atoms with Crippen molar-refractivity contribution < 1.29 is 19.1 Å². The lowest BCUT2D eigenvalue weighted by Gasteiger charge is -1.95. The van der Waals surface area contributed by atoms with Crippen molar-refractivity contribution in [2.75, 3.05) is 5.32 Å². The molecule has 0 spiro atoms. The van der Waals surface area contributed by atoms with Crippen molar-refractivity contribution in [3.8, 4) is 0 Å². The summed E-state index contributed by atoms with van der Waals surface area (Å²) in [5, 5.41) is 10.5. The summed E-state index contributed by atoms with van der Waals surface area (Å²) in [6.45, 7) is 1.56. The third-order valence-electron chi connectivity index (χ3n) is 1.96. The first kappa shape index (κ1) is 12.2. The number of nitrogens with one attached hydrogen (secondary N) is 1. The number of carboxylic acid groups (broad SMARTS) is 1. The molecule has 2 N–H and O–H groups in total. The van der Waals surface area contributed by atoms with Crippen molar-refractivity contribution in [2.45, 2.75) is 32.6 Å². The monoisotopic (exact) mass is 226 g/mol. The summed E-state index contributed by atoms with van der Waals surface area (Å²) in [6, 6.07) is 0. The molecule has 6 heteroatoms. The number of anilines is 1. The highest BCUT2D eigenvalue weighted by Crippen LogP contribution is 2.10. The minimum Gasteiger partial charge on any atom is -0.465 e. The quantitative estimate of drug-likeness (QED) is 0.724. The minimum absolute atomic E-state index is 0.167. The van der Waals surface area contributed by atoms with E-state index >= 15 is 0 Å². The summed E-state index contributed by atoms with van der Waals surface area (Å²) in [5.74, 6) is 0.835. The Kier molecular flexibility index (Phi) is 4.50. The van der Waals surface area contributed by atoms with E-state index in [1.807, 2.05) is 0 Å². The third-order valence-corrected chi connectivity index (χ3v) is 1.96. The fourth-order valence-corrected chi connectivity index (χ4v) is 1.24. The number of ketones is 1. The number of rotatable bonds is 6. The zero-order valence-corrected chi connectivity index (χ0v) is 9.02. The van der Waals surface area contributed by atoms with Gasteiger partial charge in [0.05, 0.1) is 0 Å². The molecule has 1 amide bonds.